The molecular formula is C29H24N6O5. The van der Waals surface area contributed by atoms with Crippen LogP contribution in [0.3, 0.4) is 0 Å². The number of hydrogen-bond acceptors (Lipinski definition) is 8. The number of nitro groups is 1. The lowest BCUT2D eigenvalue weighted by molar-refractivity contribution is -0.384. The standard InChI is InChI=1S/C22H19N5O3.C7H5NO2/c1-23-16-7-3-14(4-8-16)21-25-19-12-9-17(13-20(19)26(21)2)24-22(28)15-5-10-18(11-6-15)27(29)30;9-5-6-1-3-7(8-10)4-2-6/h3-13,23H,1-2H3,(H,24,28);1-5H. The van der Waals surface area contributed by atoms with Crippen LogP contribution in [0.5, 0.6) is 0 Å². The highest BCUT2D eigenvalue weighted by atomic mass is 16.6. The molecule has 1 heterocycles. The minimum atomic E-state index is -0.498. The third-order valence-electron chi connectivity index (χ3n) is 6.05. The van der Waals surface area contributed by atoms with Gasteiger partial charge in [0.05, 0.1) is 16.0 Å². The van der Waals surface area contributed by atoms with Gasteiger partial charge in [0, 0.05) is 54.3 Å². The molecule has 0 aliphatic heterocycles. The fourth-order valence-corrected chi connectivity index (χ4v) is 3.86. The van der Waals surface area contributed by atoms with Crippen molar-refractivity contribution in [3.05, 3.63) is 117 Å². The number of carbonyl (C=O) groups is 2. The number of aromatic nitrogens is 2. The fraction of sp³-hybridized carbons (Fsp3) is 0.0690. The van der Waals surface area contributed by atoms with Crippen molar-refractivity contribution in [3.63, 3.8) is 0 Å². The Bertz CT molecular complexity index is 1650. The van der Waals surface area contributed by atoms with Gasteiger partial charge in [-0.05, 0) is 84.0 Å². The van der Waals surface area contributed by atoms with Crippen molar-refractivity contribution in [3.8, 4) is 11.4 Å². The number of rotatable bonds is 7. The first-order chi connectivity index (χ1) is 19.3. The summed E-state index contributed by atoms with van der Waals surface area (Å²) in [5, 5.41) is 19.4. The van der Waals surface area contributed by atoms with Crippen molar-refractivity contribution in [1.29, 1.82) is 0 Å². The van der Waals surface area contributed by atoms with Gasteiger partial charge in [-0.1, -0.05) is 0 Å². The Hall–Kier alpha value is -5.71. The van der Waals surface area contributed by atoms with Crippen LogP contribution < -0.4 is 10.6 Å². The van der Waals surface area contributed by atoms with Crippen molar-refractivity contribution in [2.24, 2.45) is 12.2 Å². The maximum Gasteiger partial charge on any atom is 0.269 e. The van der Waals surface area contributed by atoms with Crippen molar-refractivity contribution < 1.29 is 14.5 Å². The van der Waals surface area contributed by atoms with Crippen molar-refractivity contribution in [2.75, 3.05) is 17.7 Å². The van der Waals surface area contributed by atoms with E-state index in [2.05, 4.69) is 15.8 Å². The van der Waals surface area contributed by atoms with E-state index >= 15 is 0 Å². The van der Waals surface area contributed by atoms with Crippen LogP contribution in [0.1, 0.15) is 20.7 Å². The van der Waals surface area contributed by atoms with Crippen LogP contribution >= 0.6 is 0 Å². The molecule has 5 rings (SSSR count). The molecule has 0 fully saturated rings. The topological polar surface area (TPSA) is 149 Å². The number of aryl methyl sites for hydroxylation is 1. The largest absolute Gasteiger partial charge is 0.388 e. The summed E-state index contributed by atoms with van der Waals surface area (Å²) in [7, 11) is 3.80. The Morgan fingerprint density at radius 2 is 1.60 bits per heavy atom. The third-order valence-corrected chi connectivity index (χ3v) is 6.05. The van der Waals surface area contributed by atoms with Crippen LogP contribution in [-0.2, 0) is 7.05 Å². The zero-order chi connectivity index (χ0) is 28.6. The number of nitro benzene ring substituents is 1. The Labute approximate surface area is 228 Å². The van der Waals surface area contributed by atoms with E-state index < -0.39 is 4.92 Å². The van der Waals surface area contributed by atoms with Crippen LogP contribution in [0.25, 0.3) is 22.4 Å². The van der Waals surface area contributed by atoms with Gasteiger partial charge in [-0.2, -0.15) is 0 Å². The molecule has 1 amide bonds. The van der Waals surface area contributed by atoms with Gasteiger partial charge in [-0.3, -0.25) is 19.7 Å². The molecule has 0 bridgehead atoms. The summed E-state index contributed by atoms with van der Waals surface area (Å²) in [6.07, 6.45) is 0.717. The number of nitrogens with zero attached hydrogens (tertiary/aromatic N) is 4. The van der Waals surface area contributed by atoms with Gasteiger partial charge in [-0.25, -0.2) is 4.98 Å². The maximum atomic E-state index is 12.5. The molecule has 0 atom stereocenters. The lowest BCUT2D eigenvalue weighted by Gasteiger charge is -2.07. The molecule has 40 heavy (non-hydrogen) atoms. The first-order valence-electron chi connectivity index (χ1n) is 12.0. The average Bonchev–Trinajstić information content (AvgIpc) is 3.33. The van der Waals surface area contributed by atoms with Gasteiger partial charge in [0.25, 0.3) is 11.6 Å². The maximum absolute atomic E-state index is 12.5. The Kier molecular flexibility index (Phi) is 8.35. The summed E-state index contributed by atoms with van der Waals surface area (Å²) in [6, 6.07) is 25.1. The second-order valence-electron chi connectivity index (χ2n) is 8.58. The molecule has 0 saturated carbocycles. The zero-order valence-corrected chi connectivity index (χ0v) is 21.6. The molecule has 1 aromatic heterocycles. The molecule has 11 heteroatoms. The molecule has 11 nitrogen and oxygen atoms in total. The first kappa shape index (κ1) is 27.3. The molecule has 5 aromatic rings. The van der Waals surface area contributed by atoms with E-state index in [-0.39, 0.29) is 11.6 Å². The molecule has 0 unspecified atom stereocenters. The van der Waals surface area contributed by atoms with Gasteiger partial charge < -0.3 is 15.2 Å². The van der Waals surface area contributed by atoms with E-state index in [1.54, 1.807) is 18.2 Å². The molecule has 0 spiro atoms. The van der Waals surface area contributed by atoms with Gasteiger partial charge in [0.2, 0.25) is 0 Å². The number of nitrogens with one attached hydrogen (secondary N) is 2. The fourth-order valence-electron chi connectivity index (χ4n) is 3.86. The number of fused-ring (bicyclic) bond motifs is 1. The van der Waals surface area contributed by atoms with Crippen LogP contribution in [0, 0.1) is 15.0 Å². The highest BCUT2D eigenvalue weighted by molar-refractivity contribution is 6.05. The number of non-ortho nitro benzene ring substituents is 1. The number of anilines is 2. The van der Waals surface area contributed by atoms with Crippen LogP contribution in [0.2, 0.25) is 0 Å². The smallest absolute Gasteiger partial charge is 0.269 e. The zero-order valence-electron chi connectivity index (χ0n) is 21.6. The van der Waals surface area contributed by atoms with E-state index in [4.69, 9.17) is 4.98 Å². The van der Waals surface area contributed by atoms with E-state index in [1.165, 1.54) is 36.4 Å². The van der Waals surface area contributed by atoms with Crippen LogP contribution in [0.15, 0.2) is 96.2 Å². The summed E-state index contributed by atoms with van der Waals surface area (Å²) in [4.78, 5) is 47.4. The SMILES string of the molecule is CNc1ccc(-c2nc3ccc(NC(=O)c4ccc([N+](=O)[O-])cc4)cc3n2C)cc1.O=Cc1ccc(N=O)cc1. The van der Waals surface area contributed by atoms with Crippen LogP contribution in [-0.4, -0.2) is 33.7 Å². The Morgan fingerprint density at radius 1 is 0.950 bits per heavy atom. The summed E-state index contributed by atoms with van der Waals surface area (Å²) in [6.45, 7) is 0. The predicted molar refractivity (Wildman–Crippen MR) is 154 cm³/mol. The van der Waals surface area contributed by atoms with E-state index in [9.17, 15) is 24.6 Å². The summed E-state index contributed by atoms with van der Waals surface area (Å²) >= 11 is 0. The first-order valence-corrected chi connectivity index (χ1v) is 12.0. The summed E-state index contributed by atoms with van der Waals surface area (Å²) in [5.41, 5.74) is 5.50. The second-order valence-corrected chi connectivity index (χ2v) is 8.58. The second kappa shape index (κ2) is 12.2. The number of carbonyl (C=O) groups excluding carboxylic acids is 2. The van der Waals surface area contributed by atoms with E-state index in [1.807, 2.05) is 55.1 Å². The molecule has 0 saturated heterocycles. The predicted octanol–water partition coefficient (Wildman–Crippen LogP) is 6.34. The van der Waals surface area contributed by atoms with Gasteiger partial charge in [0.1, 0.15) is 17.8 Å². The van der Waals surface area contributed by atoms with Crippen molar-refractivity contribution in [1.82, 2.24) is 9.55 Å². The average molecular weight is 537 g/mol. The normalized spacial score (nSPS) is 10.2. The minimum absolute atomic E-state index is 0.0573. The molecule has 0 aliphatic carbocycles. The molecule has 0 aliphatic rings. The lowest BCUT2D eigenvalue weighted by atomic mass is 10.2. The van der Waals surface area contributed by atoms with Gasteiger partial charge in [0.15, 0.2) is 0 Å². The number of aldehydes is 1. The number of nitroso groups, excluding NO2 is 1. The van der Waals surface area contributed by atoms with Crippen molar-refractivity contribution in [2.45, 2.75) is 0 Å². The van der Waals surface area contributed by atoms with E-state index in [0.717, 1.165) is 28.1 Å². The highest BCUT2D eigenvalue weighted by Gasteiger charge is 2.13. The molecule has 200 valence electrons. The quantitative estimate of drug-likeness (QED) is 0.107. The number of hydrogen-bond donors (Lipinski definition) is 2. The monoisotopic (exact) mass is 536 g/mol. The van der Waals surface area contributed by atoms with Gasteiger partial charge >= 0.3 is 0 Å². The summed E-state index contributed by atoms with van der Waals surface area (Å²) in [5.74, 6) is 0.487. The minimum Gasteiger partial charge on any atom is -0.388 e. The third kappa shape index (κ3) is 6.22. The molecular weight excluding hydrogens is 512 g/mol. The Balaban J connectivity index is 0.000000312. The number of amides is 1. The Morgan fingerprint density at radius 3 is 2.17 bits per heavy atom. The number of benzene rings is 4. The molecule has 4 aromatic carbocycles. The molecule has 0 radical (unpaired) electrons. The van der Waals surface area contributed by atoms with Gasteiger partial charge in [-0.15, -0.1) is 4.91 Å². The highest BCUT2D eigenvalue weighted by Crippen LogP contribution is 2.27. The van der Waals surface area contributed by atoms with Crippen LogP contribution in [0.4, 0.5) is 22.7 Å². The lowest BCUT2D eigenvalue weighted by Crippen LogP contribution is -2.11. The van der Waals surface area contributed by atoms with Crippen molar-refractivity contribution >= 4 is 46.0 Å². The number of imidazole rings is 1. The van der Waals surface area contributed by atoms with E-state index in [0.29, 0.717) is 28.8 Å². The molecule has 2 N–H and O–H groups in total. The summed E-state index contributed by atoms with van der Waals surface area (Å²) < 4.78 is 1.98.